The van der Waals surface area contributed by atoms with Gasteiger partial charge in [0.2, 0.25) is 0 Å². The second-order valence-electron chi connectivity index (χ2n) is 7.21. The molecule has 0 spiro atoms. The minimum atomic E-state index is -0.473. The van der Waals surface area contributed by atoms with Crippen molar-refractivity contribution in [1.29, 1.82) is 0 Å². The topological polar surface area (TPSA) is 80.3 Å². The van der Waals surface area contributed by atoms with Crippen LogP contribution in [0.4, 0.5) is 0 Å². The van der Waals surface area contributed by atoms with E-state index in [1.54, 1.807) is 6.08 Å². The van der Waals surface area contributed by atoms with Crippen molar-refractivity contribution in [3.05, 3.63) is 29.8 Å². The van der Waals surface area contributed by atoms with Gasteiger partial charge in [0.15, 0.2) is 11.5 Å². The second-order valence-corrected chi connectivity index (χ2v) is 7.21. The Balaban J connectivity index is 1.56. The van der Waals surface area contributed by atoms with Crippen LogP contribution in [0.25, 0.3) is 6.08 Å². The lowest BCUT2D eigenvalue weighted by atomic mass is 10.2. The Morgan fingerprint density at radius 1 is 1.07 bits per heavy atom. The zero-order chi connectivity index (χ0) is 20.4. The Morgan fingerprint density at radius 2 is 1.82 bits per heavy atom. The second kappa shape index (κ2) is 10.7. The molecule has 0 atom stereocenters. The van der Waals surface area contributed by atoms with Gasteiger partial charge < -0.3 is 23.7 Å². The minimum Gasteiger partial charge on any atom is -0.486 e. The van der Waals surface area contributed by atoms with E-state index >= 15 is 0 Å². The molecule has 1 aliphatic heterocycles. The molecule has 0 unspecified atom stereocenters. The van der Waals surface area contributed by atoms with E-state index in [2.05, 4.69) is 0 Å². The molecule has 2 rings (SSSR count). The molecule has 1 heterocycles. The van der Waals surface area contributed by atoms with Gasteiger partial charge in [-0.2, -0.15) is 0 Å². The van der Waals surface area contributed by atoms with Gasteiger partial charge in [-0.15, -0.1) is 0 Å². The first-order chi connectivity index (χ1) is 13.3. The fraction of sp³-hybridized carbons (Fsp3) is 0.524. The van der Waals surface area contributed by atoms with Gasteiger partial charge in [0, 0.05) is 19.1 Å². The van der Waals surface area contributed by atoms with Crippen LogP contribution in [0.2, 0.25) is 0 Å². The van der Waals surface area contributed by atoms with Gasteiger partial charge in [0.1, 0.15) is 25.4 Å². The van der Waals surface area contributed by atoms with E-state index in [1.807, 2.05) is 39.0 Å². The van der Waals surface area contributed by atoms with Gasteiger partial charge in [-0.25, -0.2) is 4.79 Å². The molecular weight excluding hydrogens is 364 g/mol. The molecule has 0 aliphatic carbocycles. The number of carbonyl (C=O) groups excluding carboxylic acids is 2. The molecule has 7 heteroatoms. The molecule has 154 valence electrons. The van der Waals surface area contributed by atoms with Crippen LogP contribution in [0.5, 0.6) is 11.5 Å². The minimum absolute atomic E-state index is 0.150. The number of carbonyl (C=O) groups is 2. The van der Waals surface area contributed by atoms with E-state index in [0.717, 1.165) is 5.56 Å². The van der Waals surface area contributed by atoms with Crippen LogP contribution >= 0.6 is 0 Å². The molecule has 0 saturated carbocycles. The van der Waals surface area contributed by atoms with E-state index < -0.39 is 11.6 Å². The summed E-state index contributed by atoms with van der Waals surface area (Å²) in [6.45, 7) is 7.38. The lowest BCUT2D eigenvalue weighted by molar-refractivity contribution is -0.155. The summed E-state index contributed by atoms with van der Waals surface area (Å²) in [6, 6.07) is 5.46. The first kappa shape index (κ1) is 21.8. The van der Waals surface area contributed by atoms with Gasteiger partial charge >= 0.3 is 11.9 Å². The number of fused-ring (bicyclic) bond motifs is 1. The lowest BCUT2D eigenvalue weighted by Crippen LogP contribution is -2.23. The van der Waals surface area contributed by atoms with Crippen LogP contribution in [-0.4, -0.2) is 50.6 Å². The Labute approximate surface area is 165 Å². The molecule has 0 saturated heterocycles. The van der Waals surface area contributed by atoms with Crippen molar-refractivity contribution in [3.63, 3.8) is 0 Å². The van der Waals surface area contributed by atoms with Gasteiger partial charge in [-0.3, -0.25) is 4.79 Å². The fourth-order valence-corrected chi connectivity index (χ4v) is 2.39. The van der Waals surface area contributed by atoms with Crippen molar-refractivity contribution in [2.45, 2.75) is 39.2 Å². The summed E-state index contributed by atoms with van der Waals surface area (Å²) >= 11 is 0. The summed E-state index contributed by atoms with van der Waals surface area (Å²) in [6.07, 6.45) is 3.87. The molecule has 0 bridgehead atoms. The van der Waals surface area contributed by atoms with Gasteiger partial charge in [-0.1, -0.05) is 6.07 Å². The summed E-state index contributed by atoms with van der Waals surface area (Å²) in [5.74, 6) is 0.676. The highest BCUT2D eigenvalue weighted by atomic mass is 16.6. The van der Waals surface area contributed by atoms with Gasteiger partial charge in [-0.05, 0) is 51.0 Å². The van der Waals surface area contributed by atoms with E-state index in [1.165, 1.54) is 6.08 Å². The average Bonchev–Trinajstić information content (AvgIpc) is 2.64. The summed E-state index contributed by atoms with van der Waals surface area (Å²) < 4.78 is 26.6. The quantitative estimate of drug-likeness (QED) is 0.363. The molecule has 0 fully saturated rings. The van der Waals surface area contributed by atoms with E-state index in [-0.39, 0.29) is 19.2 Å². The summed E-state index contributed by atoms with van der Waals surface area (Å²) in [5, 5.41) is 0. The third-order valence-corrected chi connectivity index (χ3v) is 3.54. The number of benzene rings is 1. The third-order valence-electron chi connectivity index (χ3n) is 3.54. The maximum absolute atomic E-state index is 11.7. The van der Waals surface area contributed by atoms with Crippen LogP contribution in [0.3, 0.4) is 0 Å². The first-order valence-electron chi connectivity index (χ1n) is 9.37. The van der Waals surface area contributed by atoms with Crippen LogP contribution in [0.1, 0.15) is 39.2 Å². The van der Waals surface area contributed by atoms with Crippen molar-refractivity contribution in [3.8, 4) is 11.5 Å². The Hall–Kier alpha value is -2.54. The molecule has 1 aromatic carbocycles. The van der Waals surface area contributed by atoms with E-state index in [0.29, 0.717) is 44.2 Å². The van der Waals surface area contributed by atoms with Crippen molar-refractivity contribution in [2.75, 3.05) is 33.0 Å². The molecule has 0 amide bonds. The SMILES string of the molecule is CC(C)(C)OC(=O)CCCOCCOC(=O)/C=C/c1ccc2c(c1)OCCO2. The molecule has 0 aromatic heterocycles. The highest BCUT2D eigenvalue weighted by molar-refractivity contribution is 5.87. The van der Waals surface area contributed by atoms with Crippen LogP contribution in [0.15, 0.2) is 24.3 Å². The highest BCUT2D eigenvalue weighted by Gasteiger charge is 2.15. The summed E-state index contributed by atoms with van der Waals surface area (Å²) in [4.78, 5) is 23.3. The fourth-order valence-electron chi connectivity index (χ4n) is 2.39. The predicted octanol–water partition coefficient (Wildman–Crippen LogP) is 3.15. The molecule has 0 N–H and O–H groups in total. The largest absolute Gasteiger partial charge is 0.486 e. The Morgan fingerprint density at radius 3 is 2.57 bits per heavy atom. The smallest absolute Gasteiger partial charge is 0.330 e. The van der Waals surface area contributed by atoms with Gasteiger partial charge in [0.05, 0.1) is 6.61 Å². The number of rotatable bonds is 9. The van der Waals surface area contributed by atoms with E-state index in [9.17, 15) is 9.59 Å². The predicted molar refractivity (Wildman–Crippen MR) is 103 cm³/mol. The van der Waals surface area contributed by atoms with Crippen LogP contribution in [-0.2, 0) is 23.8 Å². The molecule has 0 radical (unpaired) electrons. The monoisotopic (exact) mass is 392 g/mol. The summed E-state index contributed by atoms with van der Waals surface area (Å²) in [5.41, 5.74) is 0.346. The molecular formula is C21H28O7. The summed E-state index contributed by atoms with van der Waals surface area (Å²) in [7, 11) is 0. The Bertz CT molecular complexity index is 688. The standard InChI is InChI=1S/C21H28O7/c1-21(2,3)28-20(23)5-4-10-24-11-12-27-19(22)9-7-16-6-8-17-18(15-16)26-14-13-25-17/h6-9,15H,4-5,10-14H2,1-3H3/b9-7+. The third kappa shape index (κ3) is 8.43. The molecule has 7 nitrogen and oxygen atoms in total. The number of ether oxygens (including phenoxy) is 5. The highest BCUT2D eigenvalue weighted by Crippen LogP contribution is 2.31. The van der Waals surface area contributed by atoms with Crippen LogP contribution in [0, 0.1) is 0 Å². The van der Waals surface area contributed by atoms with Crippen molar-refractivity contribution < 1.29 is 33.3 Å². The van der Waals surface area contributed by atoms with Crippen LogP contribution < -0.4 is 9.47 Å². The molecule has 1 aromatic rings. The zero-order valence-electron chi connectivity index (χ0n) is 16.7. The lowest BCUT2D eigenvalue weighted by Gasteiger charge is -2.19. The van der Waals surface area contributed by atoms with Crippen molar-refractivity contribution in [1.82, 2.24) is 0 Å². The Kier molecular flexibility index (Phi) is 8.32. The maximum atomic E-state index is 11.7. The number of hydrogen-bond donors (Lipinski definition) is 0. The molecule has 28 heavy (non-hydrogen) atoms. The molecule has 1 aliphatic rings. The van der Waals surface area contributed by atoms with Crippen molar-refractivity contribution >= 4 is 18.0 Å². The maximum Gasteiger partial charge on any atom is 0.330 e. The normalized spacial score (nSPS) is 13.4. The zero-order valence-corrected chi connectivity index (χ0v) is 16.7. The average molecular weight is 392 g/mol. The van der Waals surface area contributed by atoms with Crippen molar-refractivity contribution in [2.24, 2.45) is 0 Å². The number of hydrogen-bond acceptors (Lipinski definition) is 7. The van der Waals surface area contributed by atoms with E-state index in [4.69, 9.17) is 23.7 Å². The number of esters is 2. The van der Waals surface area contributed by atoms with Gasteiger partial charge in [0.25, 0.3) is 0 Å². The first-order valence-corrected chi connectivity index (χ1v) is 9.37.